The Morgan fingerprint density at radius 3 is 1.25 bits per heavy atom. The van der Waals surface area contributed by atoms with Gasteiger partial charge in [0.05, 0.1) is 0 Å². The van der Waals surface area contributed by atoms with Crippen LogP contribution in [0, 0.1) is 0 Å². The largest absolute Gasteiger partial charge is 0.0801 e. The molecule has 0 nitrogen and oxygen atoms in total. The van der Waals surface area contributed by atoms with E-state index in [4.69, 9.17) is 0 Å². The van der Waals surface area contributed by atoms with Crippen molar-refractivity contribution in [1.82, 2.24) is 0 Å². The van der Waals surface area contributed by atoms with Crippen molar-refractivity contribution in [2.75, 3.05) is 0 Å². The highest BCUT2D eigenvalue weighted by atomic mass is 14.2. The predicted octanol–water partition coefficient (Wildman–Crippen LogP) is 17.9. The Morgan fingerprint density at radius 2 is 0.800 bits per heavy atom. The maximum atomic E-state index is 2.35. The maximum absolute atomic E-state index is 2.35. The molecule has 0 amide bonds. The van der Waals surface area contributed by atoms with Crippen LogP contribution in [0.25, 0.3) is 16.7 Å². The Bertz CT molecular complexity index is 2120. The molecular formula is C60H72. The lowest BCUT2D eigenvalue weighted by Gasteiger charge is -2.22. The molecule has 60 heavy (non-hydrogen) atoms. The van der Waals surface area contributed by atoms with Gasteiger partial charge in [-0.2, -0.15) is 0 Å². The summed E-state index contributed by atoms with van der Waals surface area (Å²) in [4.78, 5) is 0. The summed E-state index contributed by atoms with van der Waals surface area (Å²) in [7, 11) is 0. The van der Waals surface area contributed by atoms with Gasteiger partial charge in [0.2, 0.25) is 0 Å². The molecule has 6 aromatic carbocycles. The Hall–Kier alpha value is -5.20. The van der Waals surface area contributed by atoms with Crippen LogP contribution < -0.4 is 0 Å². The molecule has 0 spiro atoms. The van der Waals surface area contributed by atoms with Crippen LogP contribution in [0.1, 0.15) is 168 Å². The van der Waals surface area contributed by atoms with Crippen LogP contribution in [0.2, 0.25) is 0 Å². The molecule has 0 aliphatic heterocycles. The van der Waals surface area contributed by atoms with Crippen molar-refractivity contribution >= 4 is 5.57 Å². The Morgan fingerprint density at radius 1 is 0.400 bits per heavy atom. The highest BCUT2D eigenvalue weighted by Gasteiger charge is 2.15. The predicted molar refractivity (Wildman–Crippen MR) is 264 cm³/mol. The maximum Gasteiger partial charge on any atom is -0.00258 e. The molecule has 0 N–H and O–H groups in total. The van der Waals surface area contributed by atoms with Crippen molar-refractivity contribution in [1.29, 1.82) is 0 Å². The average molecular weight is 793 g/mol. The third kappa shape index (κ3) is 14.8. The van der Waals surface area contributed by atoms with Crippen LogP contribution in [0.5, 0.6) is 0 Å². The first-order valence-corrected chi connectivity index (χ1v) is 22.9. The molecule has 0 bridgehead atoms. The minimum Gasteiger partial charge on any atom is -0.0801 e. The van der Waals surface area contributed by atoms with E-state index in [-0.39, 0.29) is 0 Å². The summed E-state index contributed by atoms with van der Waals surface area (Å²) in [5, 5.41) is 0. The van der Waals surface area contributed by atoms with Gasteiger partial charge in [0.1, 0.15) is 0 Å². The highest BCUT2D eigenvalue weighted by molar-refractivity contribution is 5.71. The average Bonchev–Trinajstić information content (AvgIpc) is 3.84. The number of hydrogen-bond acceptors (Lipinski definition) is 0. The van der Waals surface area contributed by atoms with Gasteiger partial charge < -0.3 is 0 Å². The molecule has 0 aromatic heterocycles. The van der Waals surface area contributed by atoms with E-state index in [1.165, 1.54) is 87.7 Å². The van der Waals surface area contributed by atoms with Gasteiger partial charge in [0.15, 0.2) is 0 Å². The molecule has 8 rings (SSSR count). The Labute approximate surface area is 365 Å². The van der Waals surface area contributed by atoms with Crippen molar-refractivity contribution in [3.05, 3.63) is 220 Å². The van der Waals surface area contributed by atoms with Crippen LogP contribution in [0.15, 0.2) is 176 Å². The summed E-state index contributed by atoms with van der Waals surface area (Å²) in [5.41, 5.74) is 15.4. The second-order valence-electron chi connectivity index (χ2n) is 18.0. The minimum atomic E-state index is 0.606. The second-order valence-corrected chi connectivity index (χ2v) is 18.0. The molecule has 312 valence electrons. The molecule has 0 heterocycles. The van der Waals surface area contributed by atoms with Gasteiger partial charge in [-0.3, -0.25) is 0 Å². The van der Waals surface area contributed by atoms with Crippen molar-refractivity contribution in [2.24, 2.45) is 0 Å². The summed E-state index contributed by atoms with van der Waals surface area (Å²) in [6.07, 6.45) is 15.7. The van der Waals surface area contributed by atoms with E-state index >= 15 is 0 Å². The molecule has 0 atom stereocenters. The molecule has 0 radical (unpaired) electrons. The van der Waals surface area contributed by atoms with Crippen molar-refractivity contribution in [3.63, 3.8) is 0 Å². The molecule has 0 unspecified atom stereocenters. The molecule has 1 fully saturated rings. The van der Waals surface area contributed by atoms with E-state index in [9.17, 15) is 0 Å². The number of hydrogen-bond donors (Lipinski definition) is 0. The monoisotopic (exact) mass is 793 g/mol. The summed E-state index contributed by atoms with van der Waals surface area (Å²) in [5.74, 6) is 3.35. The van der Waals surface area contributed by atoms with Gasteiger partial charge in [0, 0.05) is 0 Å². The first-order chi connectivity index (χ1) is 29.1. The normalized spacial score (nSPS) is 13.6. The van der Waals surface area contributed by atoms with Crippen molar-refractivity contribution in [2.45, 2.75) is 130 Å². The SMILES string of the molecule is CC(C)c1ccc(-c2ccccc2)cc1.CC(C)c1ccc(C2=CC=CC2)cc1.CC(C)c1ccc(C2CCCCC2)cc1.CC(C)c1ccc(Cc2ccccc2)cc1. The first-order valence-electron chi connectivity index (χ1n) is 22.9. The van der Waals surface area contributed by atoms with Crippen LogP contribution in [-0.4, -0.2) is 0 Å². The molecule has 6 aromatic rings. The van der Waals surface area contributed by atoms with E-state index in [1.807, 2.05) is 6.07 Å². The lowest BCUT2D eigenvalue weighted by Crippen LogP contribution is -2.04. The zero-order chi connectivity index (χ0) is 42.7. The number of rotatable bonds is 9. The zero-order valence-electron chi connectivity index (χ0n) is 38.1. The van der Waals surface area contributed by atoms with Crippen LogP contribution in [0.3, 0.4) is 0 Å². The Kier molecular flexibility index (Phi) is 18.5. The number of allylic oxidation sites excluding steroid dienone is 4. The van der Waals surface area contributed by atoms with Crippen LogP contribution in [-0.2, 0) is 6.42 Å². The fourth-order valence-corrected chi connectivity index (χ4v) is 7.88. The zero-order valence-corrected chi connectivity index (χ0v) is 38.1. The molecule has 2 aliphatic rings. The standard InChI is InChI=1S/C16H18.C15H22.C15H16.C14H16/c1-13(2)16-10-8-15(9-11-16)12-14-6-4-3-5-7-14;2*1-12(2)13-8-10-15(11-9-13)14-6-4-3-5-7-14;1-11(2)12-7-9-14(10-8-12)13-5-3-4-6-13/h3-11,13H,12H2,1-2H3;8-12,14H,3-7H2,1-2H3;3-12H,1-2H3;3-5,7-11H,6H2,1-2H3. The van der Waals surface area contributed by atoms with Gasteiger partial charge in [-0.15, -0.1) is 0 Å². The highest BCUT2D eigenvalue weighted by Crippen LogP contribution is 2.33. The first kappa shape index (κ1) is 45.9. The van der Waals surface area contributed by atoms with Crippen LogP contribution in [0.4, 0.5) is 0 Å². The van der Waals surface area contributed by atoms with Gasteiger partial charge >= 0.3 is 0 Å². The lowest BCUT2D eigenvalue weighted by molar-refractivity contribution is 0.443. The third-order valence-corrected chi connectivity index (χ3v) is 12.0. The summed E-state index contributed by atoms with van der Waals surface area (Å²) in [6.45, 7) is 17.9. The van der Waals surface area contributed by atoms with Gasteiger partial charge in [-0.1, -0.05) is 251 Å². The van der Waals surface area contributed by atoms with Gasteiger partial charge in [-0.05, 0) is 116 Å². The third-order valence-electron chi connectivity index (χ3n) is 12.0. The molecule has 0 heteroatoms. The molecule has 0 saturated heterocycles. The van der Waals surface area contributed by atoms with E-state index in [0.29, 0.717) is 23.7 Å². The summed E-state index contributed by atoms with van der Waals surface area (Å²) < 4.78 is 0. The molecular weight excluding hydrogens is 721 g/mol. The van der Waals surface area contributed by atoms with Gasteiger partial charge in [-0.25, -0.2) is 0 Å². The summed E-state index contributed by atoms with van der Waals surface area (Å²) >= 11 is 0. The van der Waals surface area contributed by atoms with E-state index in [0.717, 1.165) is 18.8 Å². The molecule has 1 saturated carbocycles. The van der Waals surface area contributed by atoms with Gasteiger partial charge in [0.25, 0.3) is 0 Å². The van der Waals surface area contributed by atoms with Crippen LogP contribution >= 0.6 is 0 Å². The topological polar surface area (TPSA) is 0 Å². The number of benzene rings is 6. The lowest BCUT2D eigenvalue weighted by atomic mass is 9.83. The van der Waals surface area contributed by atoms with E-state index in [2.05, 4.69) is 225 Å². The minimum absolute atomic E-state index is 0.606. The molecule has 2 aliphatic carbocycles. The Balaban J connectivity index is 0.000000152. The smallest absolute Gasteiger partial charge is 0.00258 e. The quantitative estimate of drug-likeness (QED) is 0.137. The second kappa shape index (κ2) is 24.2. The van der Waals surface area contributed by atoms with E-state index in [1.54, 1.807) is 5.56 Å². The fraction of sp³-hybridized carbons (Fsp3) is 0.333. The summed E-state index contributed by atoms with van der Waals surface area (Å²) in [6, 6.07) is 57.1. The van der Waals surface area contributed by atoms with E-state index < -0.39 is 0 Å². The van der Waals surface area contributed by atoms with Crippen molar-refractivity contribution < 1.29 is 0 Å². The fourth-order valence-electron chi connectivity index (χ4n) is 7.88. The van der Waals surface area contributed by atoms with Crippen molar-refractivity contribution in [3.8, 4) is 11.1 Å².